The first-order chi connectivity index (χ1) is 14.4. The van der Waals surface area contributed by atoms with Gasteiger partial charge in [0, 0.05) is 6.08 Å². The number of alkyl halides is 11. The highest BCUT2D eigenvalue weighted by molar-refractivity contribution is 6.66. The van der Waals surface area contributed by atoms with Crippen LogP contribution in [-0.2, 0) is 9.53 Å². The Balaban J connectivity index is 5.43. The van der Waals surface area contributed by atoms with Crippen LogP contribution in [0, 0.1) is 0 Å². The summed E-state index contributed by atoms with van der Waals surface area (Å²) in [6.45, 7) is 1.16. The third-order valence-corrected chi connectivity index (χ3v) is 4.46. The minimum Gasteiger partial charge on any atom is -0.491 e. The van der Waals surface area contributed by atoms with Gasteiger partial charge in [-0.1, -0.05) is 51.9 Å². The van der Waals surface area contributed by atoms with Gasteiger partial charge in [-0.3, -0.25) is 4.79 Å². The fourth-order valence-corrected chi connectivity index (χ4v) is 2.57. The molecule has 2 nitrogen and oxygen atoms in total. The highest BCUT2D eigenvalue weighted by Crippen LogP contribution is 2.58. The van der Waals surface area contributed by atoms with Gasteiger partial charge in [0.05, 0.1) is 6.61 Å². The maximum absolute atomic E-state index is 14.1. The van der Waals surface area contributed by atoms with Gasteiger partial charge in [-0.05, 0) is 18.0 Å². The number of hydrogen-bond donors (Lipinski definition) is 0. The molecule has 190 valence electrons. The monoisotopic (exact) mass is 514 g/mol. The van der Waals surface area contributed by atoms with E-state index >= 15 is 0 Å². The number of halogens is 12. The van der Waals surface area contributed by atoms with Crippen molar-refractivity contribution in [1.82, 2.24) is 0 Å². The molecular formula is C18H22ClF11O2. The maximum Gasteiger partial charge on any atom is 0.460 e. The number of unbranched alkanes of at least 4 members (excludes halogenated alkanes) is 7. The fraction of sp³-hybridized carbons (Fsp3) is 0.833. The van der Waals surface area contributed by atoms with E-state index in [4.69, 9.17) is 11.6 Å². The van der Waals surface area contributed by atoms with Crippen molar-refractivity contribution in [1.29, 1.82) is 0 Å². The van der Waals surface area contributed by atoms with Crippen molar-refractivity contribution < 1.29 is 57.8 Å². The van der Waals surface area contributed by atoms with Crippen LogP contribution in [0.15, 0.2) is 11.8 Å². The zero-order chi connectivity index (χ0) is 25.4. The summed E-state index contributed by atoms with van der Waals surface area (Å²) < 4.78 is 149. The lowest BCUT2D eigenvalue weighted by atomic mass is 9.96. The molecule has 0 aliphatic carbocycles. The Morgan fingerprint density at radius 3 is 1.56 bits per heavy atom. The molecule has 14 heteroatoms. The average Bonchev–Trinajstić information content (AvgIpc) is 2.63. The highest BCUT2D eigenvalue weighted by atomic mass is 35.5. The van der Waals surface area contributed by atoms with E-state index in [-0.39, 0.29) is 6.42 Å². The Kier molecular flexibility index (Phi) is 11.3. The first-order valence-corrected chi connectivity index (χ1v) is 9.88. The summed E-state index contributed by atoms with van der Waals surface area (Å²) in [5.41, 5.74) is 0. The van der Waals surface area contributed by atoms with Crippen molar-refractivity contribution in [2.75, 3.05) is 6.61 Å². The van der Waals surface area contributed by atoms with E-state index in [1.807, 2.05) is 6.92 Å². The lowest BCUT2D eigenvalue weighted by Crippen LogP contribution is -2.66. The van der Waals surface area contributed by atoms with Gasteiger partial charge in [-0.15, -0.1) is 0 Å². The van der Waals surface area contributed by atoms with Gasteiger partial charge >= 0.3 is 29.9 Å². The molecule has 0 amide bonds. The molecule has 0 aliphatic heterocycles. The number of allylic oxidation sites excluding steroid dienone is 2. The van der Waals surface area contributed by atoms with Crippen LogP contribution in [0.4, 0.5) is 48.3 Å². The van der Waals surface area contributed by atoms with Crippen LogP contribution in [0.1, 0.15) is 58.3 Å². The van der Waals surface area contributed by atoms with Gasteiger partial charge in [0.15, 0.2) is 5.76 Å². The van der Waals surface area contributed by atoms with E-state index < -0.39 is 53.6 Å². The lowest BCUT2D eigenvalue weighted by Gasteiger charge is -2.37. The van der Waals surface area contributed by atoms with Crippen LogP contribution >= 0.6 is 11.6 Å². The van der Waals surface area contributed by atoms with Crippen LogP contribution in [-0.4, -0.2) is 41.7 Å². The van der Waals surface area contributed by atoms with E-state index in [2.05, 4.69) is 4.74 Å². The first-order valence-electron chi connectivity index (χ1n) is 9.50. The van der Waals surface area contributed by atoms with E-state index in [1.54, 1.807) is 0 Å². The SMILES string of the molecule is CCCCCCCCCCO/C(=C\C(=O)Cl)C(F)(F)C(F)(F)C(F)(F)C(F)(F)C(F)(F)F. The van der Waals surface area contributed by atoms with E-state index in [1.165, 1.54) is 0 Å². The smallest absolute Gasteiger partial charge is 0.460 e. The summed E-state index contributed by atoms with van der Waals surface area (Å²) in [7, 11) is 0. The largest absolute Gasteiger partial charge is 0.491 e. The molecule has 0 aromatic carbocycles. The van der Waals surface area contributed by atoms with Crippen molar-refractivity contribution in [3.8, 4) is 0 Å². The number of ether oxygens (including phenoxy) is 1. The van der Waals surface area contributed by atoms with Crippen LogP contribution in [0.5, 0.6) is 0 Å². The third-order valence-electron chi connectivity index (χ3n) is 4.35. The molecule has 0 aromatic rings. The zero-order valence-electron chi connectivity index (χ0n) is 16.8. The predicted molar refractivity (Wildman–Crippen MR) is 93.3 cm³/mol. The molecule has 0 radical (unpaired) electrons. The van der Waals surface area contributed by atoms with Crippen LogP contribution in [0.25, 0.3) is 0 Å². The summed E-state index contributed by atoms with van der Waals surface area (Å²) in [6.07, 6.45) is -2.48. The molecule has 0 aromatic heterocycles. The van der Waals surface area contributed by atoms with Gasteiger partial charge < -0.3 is 4.74 Å². The quantitative estimate of drug-likeness (QED) is 0.0730. The van der Waals surface area contributed by atoms with Crippen molar-refractivity contribution in [2.45, 2.75) is 88.2 Å². The molecule has 0 spiro atoms. The van der Waals surface area contributed by atoms with Crippen molar-refractivity contribution >= 4 is 16.8 Å². The molecule has 0 saturated heterocycles. The second kappa shape index (κ2) is 11.7. The Labute approximate surface area is 182 Å². The van der Waals surface area contributed by atoms with E-state index in [9.17, 15) is 53.1 Å². The molecule has 0 aliphatic rings. The lowest BCUT2D eigenvalue weighted by molar-refractivity contribution is -0.420. The Morgan fingerprint density at radius 2 is 1.16 bits per heavy atom. The molecule has 0 N–H and O–H groups in total. The van der Waals surface area contributed by atoms with Gasteiger partial charge in [0.2, 0.25) is 5.24 Å². The molecule has 0 unspecified atom stereocenters. The van der Waals surface area contributed by atoms with Gasteiger partial charge in [0.1, 0.15) is 0 Å². The van der Waals surface area contributed by atoms with Crippen molar-refractivity contribution in [3.05, 3.63) is 11.8 Å². The number of hydrogen-bond acceptors (Lipinski definition) is 2. The second-order valence-electron chi connectivity index (χ2n) is 6.93. The number of carbonyl (C=O) groups is 1. The fourth-order valence-electron chi connectivity index (χ4n) is 2.47. The minimum absolute atomic E-state index is 0.0850. The highest BCUT2D eigenvalue weighted by Gasteiger charge is 2.88. The zero-order valence-corrected chi connectivity index (χ0v) is 17.5. The summed E-state index contributed by atoms with van der Waals surface area (Å²) >= 11 is 4.74. The van der Waals surface area contributed by atoms with Gasteiger partial charge in [-0.25, -0.2) is 0 Å². The molecule has 32 heavy (non-hydrogen) atoms. The summed E-state index contributed by atoms with van der Waals surface area (Å²) in [5.74, 6) is -31.4. The van der Waals surface area contributed by atoms with Gasteiger partial charge in [-0.2, -0.15) is 48.3 Å². The first kappa shape index (κ1) is 30.7. The van der Waals surface area contributed by atoms with Crippen molar-refractivity contribution in [3.63, 3.8) is 0 Å². The molecule has 0 saturated carbocycles. The molecule has 0 rings (SSSR count). The van der Waals surface area contributed by atoms with E-state index in [0.29, 0.717) is 12.8 Å². The minimum atomic E-state index is -7.60. The van der Waals surface area contributed by atoms with Crippen molar-refractivity contribution in [2.24, 2.45) is 0 Å². The van der Waals surface area contributed by atoms with E-state index in [0.717, 1.165) is 32.1 Å². The normalized spacial score (nSPS) is 14.6. The Hall–Kier alpha value is -1.27. The Bertz CT molecular complexity index is 631. The summed E-state index contributed by atoms with van der Waals surface area (Å²) in [5, 5.41) is -1.93. The maximum atomic E-state index is 14.1. The molecule has 0 fully saturated rings. The van der Waals surface area contributed by atoms with Crippen LogP contribution < -0.4 is 0 Å². The molecular weight excluding hydrogens is 493 g/mol. The molecule has 0 heterocycles. The second-order valence-corrected chi connectivity index (χ2v) is 7.30. The number of rotatable bonds is 15. The summed E-state index contributed by atoms with van der Waals surface area (Å²) in [6, 6.07) is 0. The van der Waals surface area contributed by atoms with Crippen LogP contribution in [0.2, 0.25) is 0 Å². The topological polar surface area (TPSA) is 26.3 Å². The van der Waals surface area contributed by atoms with Gasteiger partial charge in [0.25, 0.3) is 0 Å². The molecule has 0 atom stereocenters. The van der Waals surface area contributed by atoms with Crippen LogP contribution in [0.3, 0.4) is 0 Å². The molecule has 0 bridgehead atoms. The third kappa shape index (κ3) is 7.11. The Morgan fingerprint density at radius 1 is 0.719 bits per heavy atom. The summed E-state index contributed by atoms with van der Waals surface area (Å²) in [4.78, 5) is 10.8. The standard InChI is InChI=1S/C18H22ClF11O2/c1-2-3-4-5-6-7-8-9-10-32-12(11-13(19)31)14(20,21)15(22,23)16(24,25)17(26,27)18(28,29)30/h11H,2-10H2,1H3/b12-11-. The predicted octanol–water partition coefficient (Wildman–Crippen LogP) is 7.90. The average molecular weight is 515 g/mol. The number of carbonyl (C=O) groups excluding carboxylic acids is 1.